The summed E-state index contributed by atoms with van der Waals surface area (Å²) in [4.78, 5) is 16.6. The predicted molar refractivity (Wildman–Crippen MR) is 294 cm³/mol. The standard InChI is InChI=1S/C63H40N6OSi/c1-3-20-41(21-4-1)71(42-22-5-2-6-23-42,59-37-19-30-50-49-29-12-18-36-58(49)70-60(50)59)43-38-39-57-51(40-43)48-28-11-17-35-56(48)69(57)63-65-61(67-52-31-13-7-24-44(52)45-25-8-14-32-53(45)67)64-62(66-63)68-54-33-15-9-26-46(54)47-27-10-16-34-55(47)68/h1-40H. The number of rotatable bonds is 7. The number of furan rings is 1. The Hall–Kier alpha value is -9.37. The fourth-order valence-electron chi connectivity index (χ4n) is 11.7. The van der Waals surface area contributed by atoms with Crippen molar-refractivity contribution in [2.45, 2.75) is 0 Å². The number of fused-ring (bicyclic) bond motifs is 12. The van der Waals surface area contributed by atoms with Gasteiger partial charge in [0.2, 0.25) is 17.8 Å². The van der Waals surface area contributed by atoms with Gasteiger partial charge < -0.3 is 4.42 Å². The van der Waals surface area contributed by atoms with Crippen LogP contribution in [0.25, 0.3) is 105 Å². The van der Waals surface area contributed by atoms with Crippen LogP contribution in [-0.4, -0.2) is 36.7 Å². The number of hydrogen-bond donors (Lipinski definition) is 0. The molecule has 0 N–H and O–H groups in total. The summed E-state index contributed by atoms with van der Waals surface area (Å²) in [5, 5.41) is 14.0. The topological polar surface area (TPSA) is 66.6 Å². The summed E-state index contributed by atoms with van der Waals surface area (Å²) < 4.78 is 13.6. The lowest BCUT2D eigenvalue weighted by atomic mass is 10.1. The van der Waals surface area contributed by atoms with Gasteiger partial charge in [0.1, 0.15) is 11.2 Å². The highest BCUT2D eigenvalue weighted by Gasteiger charge is 2.44. The Bertz CT molecular complexity index is 4330. The summed E-state index contributed by atoms with van der Waals surface area (Å²) in [5.74, 6) is 1.59. The van der Waals surface area contributed by atoms with Crippen LogP contribution in [0.4, 0.5) is 0 Å². The smallest absolute Gasteiger partial charge is 0.241 e. The van der Waals surface area contributed by atoms with E-state index < -0.39 is 8.07 Å². The van der Waals surface area contributed by atoms with Gasteiger partial charge in [0.15, 0.2) is 8.07 Å². The van der Waals surface area contributed by atoms with Gasteiger partial charge in [0, 0.05) is 43.1 Å². The Morgan fingerprint density at radius 1 is 0.282 bits per heavy atom. The van der Waals surface area contributed by atoms with Crippen molar-refractivity contribution in [3.63, 3.8) is 0 Å². The molecule has 0 radical (unpaired) electrons. The van der Waals surface area contributed by atoms with Gasteiger partial charge in [-0.1, -0.05) is 200 Å². The quantitative estimate of drug-likeness (QED) is 0.118. The van der Waals surface area contributed by atoms with Crippen LogP contribution >= 0.6 is 0 Å². The zero-order valence-electron chi connectivity index (χ0n) is 38.2. The fourth-order valence-corrected chi connectivity index (χ4v) is 16.6. The minimum Gasteiger partial charge on any atom is -0.456 e. The monoisotopic (exact) mass is 924 g/mol. The molecule has 71 heavy (non-hydrogen) atoms. The first-order chi connectivity index (χ1) is 35.2. The summed E-state index contributed by atoms with van der Waals surface area (Å²) in [6, 6.07) is 87.1. The van der Waals surface area contributed by atoms with E-state index in [2.05, 4.69) is 256 Å². The van der Waals surface area contributed by atoms with Crippen LogP contribution in [0.2, 0.25) is 0 Å². The molecular formula is C63H40N6OSi. The Balaban J connectivity index is 1.05. The van der Waals surface area contributed by atoms with Crippen LogP contribution in [0.5, 0.6) is 0 Å². The second-order valence-corrected chi connectivity index (χ2v) is 22.1. The molecule has 0 unspecified atom stereocenters. The molecule has 0 bridgehead atoms. The Kier molecular flexibility index (Phi) is 8.54. The second kappa shape index (κ2) is 15.3. The van der Waals surface area contributed by atoms with Crippen LogP contribution in [0.3, 0.4) is 0 Å². The number of aromatic nitrogens is 6. The van der Waals surface area contributed by atoms with Gasteiger partial charge in [-0.2, -0.15) is 15.0 Å². The Morgan fingerprint density at radius 3 is 1.11 bits per heavy atom. The average Bonchev–Trinajstić information content (AvgIpc) is 4.19. The van der Waals surface area contributed by atoms with Crippen molar-refractivity contribution in [3.05, 3.63) is 243 Å². The van der Waals surface area contributed by atoms with E-state index >= 15 is 0 Å². The van der Waals surface area contributed by atoms with Crippen molar-refractivity contribution in [3.8, 4) is 17.8 Å². The maximum absolute atomic E-state index is 6.97. The normalized spacial score (nSPS) is 12.2. The molecule has 8 heteroatoms. The molecule has 332 valence electrons. The molecule has 7 nitrogen and oxygen atoms in total. The Morgan fingerprint density at radius 2 is 0.648 bits per heavy atom. The molecule has 5 aromatic heterocycles. The molecule has 0 aliphatic rings. The molecule has 15 rings (SSSR count). The maximum Gasteiger partial charge on any atom is 0.241 e. The first-order valence-corrected chi connectivity index (χ1v) is 26.0. The fraction of sp³-hybridized carbons (Fsp3) is 0. The molecule has 5 heterocycles. The number of benzene rings is 10. The van der Waals surface area contributed by atoms with Gasteiger partial charge in [-0.15, -0.1) is 0 Å². The Labute approximate surface area is 407 Å². The third kappa shape index (κ3) is 5.67. The highest BCUT2D eigenvalue weighted by Crippen LogP contribution is 2.37. The molecule has 0 amide bonds. The van der Waals surface area contributed by atoms with Crippen LogP contribution in [0.1, 0.15) is 0 Å². The molecule has 0 aliphatic carbocycles. The summed E-state index contributed by atoms with van der Waals surface area (Å²) in [6.45, 7) is 0. The van der Waals surface area contributed by atoms with Gasteiger partial charge in [-0.3, -0.25) is 13.7 Å². The molecule has 0 spiro atoms. The van der Waals surface area contributed by atoms with Crippen LogP contribution in [0.15, 0.2) is 247 Å². The third-order valence-corrected chi connectivity index (χ3v) is 19.5. The summed E-state index contributed by atoms with van der Waals surface area (Å²) in [5.41, 5.74) is 7.89. The van der Waals surface area contributed by atoms with Gasteiger partial charge in [-0.25, -0.2) is 0 Å². The maximum atomic E-state index is 6.97. The number of hydrogen-bond acceptors (Lipinski definition) is 4. The van der Waals surface area contributed by atoms with E-state index in [0.29, 0.717) is 17.8 Å². The largest absolute Gasteiger partial charge is 0.456 e. The van der Waals surface area contributed by atoms with Gasteiger partial charge in [0.05, 0.1) is 33.1 Å². The average molecular weight is 925 g/mol. The SMILES string of the molecule is c1ccc([Si](c2ccccc2)(c2ccc3c(c2)c2ccccc2n3-c2nc(-n3c4ccccc4c4ccccc43)nc(-n3c4ccccc4c4ccccc43)n2)c2cccc3c2oc2ccccc23)cc1. The van der Waals surface area contributed by atoms with Crippen LogP contribution < -0.4 is 20.7 Å². The summed E-state index contributed by atoms with van der Waals surface area (Å²) in [6.07, 6.45) is 0. The first kappa shape index (κ1) is 39.6. The molecule has 0 fully saturated rings. The van der Waals surface area contributed by atoms with E-state index in [1.165, 1.54) is 20.7 Å². The molecule has 0 saturated carbocycles. The zero-order chi connectivity index (χ0) is 46.6. The highest BCUT2D eigenvalue weighted by molar-refractivity contribution is 7.20. The molecule has 0 atom stereocenters. The molecular weight excluding hydrogens is 885 g/mol. The minimum atomic E-state index is -3.15. The van der Waals surface area contributed by atoms with E-state index in [0.717, 1.165) is 87.4 Å². The molecule has 10 aromatic carbocycles. The zero-order valence-corrected chi connectivity index (χ0v) is 39.2. The third-order valence-electron chi connectivity index (χ3n) is 14.7. The van der Waals surface area contributed by atoms with Crippen molar-refractivity contribution in [1.82, 2.24) is 28.7 Å². The second-order valence-electron chi connectivity index (χ2n) is 18.3. The lowest BCUT2D eigenvalue weighted by molar-refractivity contribution is 0.671. The minimum absolute atomic E-state index is 0.523. The first-order valence-electron chi connectivity index (χ1n) is 24.0. The lowest BCUT2D eigenvalue weighted by Gasteiger charge is -2.34. The lowest BCUT2D eigenvalue weighted by Crippen LogP contribution is -2.74. The van der Waals surface area contributed by atoms with E-state index in [4.69, 9.17) is 19.4 Å². The summed E-state index contributed by atoms with van der Waals surface area (Å²) in [7, 11) is -3.15. The van der Waals surface area contributed by atoms with Crippen molar-refractivity contribution in [1.29, 1.82) is 0 Å². The molecule has 0 aliphatic heterocycles. The van der Waals surface area contributed by atoms with E-state index in [-0.39, 0.29) is 0 Å². The molecule has 15 aromatic rings. The van der Waals surface area contributed by atoms with E-state index in [9.17, 15) is 0 Å². The summed E-state index contributed by atoms with van der Waals surface area (Å²) >= 11 is 0. The van der Waals surface area contributed by atoms with Crippen molar-refractivity contribution < 1.29 is 4.42 Å². The van der Waals surface area contributed by atoms with Gasteiger partial charge in [0.25, 0.3) is 0 Å². The predicted octanol–water partition coefficient (Wildman–Crippen LogP) is 12.4. The van der Waals surface area contributed by atoms with Crippen LogP contribution in [-0.2, 0) is 0 Å². The van der Waals surface area contributed by atoms with Gasteiger partial charge in [-0.05, 0) is 63.2 Å². The van der Waals surface area contributed by atoms with E-state index in [1.54, 1.807) is 0 Å². The molecule has 0 saturated heterocycles. The highest BCUT2D eigenvalue weighted by atomic mass is 28.3. The van der Waals surface area contributed by atoms with Crippen molar-refractivity contribution in [2.24, 2.45) is 0 Å². The van der Waals surface area contributed by atoms with Crippen molar-refractivity contribution in [2.75, 3.05) is 0 Å². The van der Waals surface area contributed by atoms with Gasteiger partial charge >= 0.3 is 0 Å². The van der Waals surface area contributed by atoms with Crippen molar-refractivity contribution >= 4 is 116 Å². The van der Waals surface area contributed by atoms with E-state index in [1.807, 2.05) is 0 Å². The number of nitrogens with zero attached hydrogens (tertiary/aromatic N) is 6. The number of para-hydroxylation sites is 7. The van der Waals surface area contributed by atoms with Crippen LogP contribution in [0, 0.1) is 0 Å².